The number of carbonyl (C=O) groups excluding carboxylic acids is 1. The summed E-state index contributed by atoms with van der Waals surface area (Å²) < 4.78 is 23.8. The molecule has 0 unspecified atom stereocenters. The lowest BCUT2D eigenvalue weighted by Crippen LogP contribution is -2.33. The van der Waals surface area contributed by atoms with Crippen molar-refractivity contribution in [3.8, 4) is 0 Å². The molecule has 0 atom stereocenters. The molecule has 0 bridgehead atoms. The lowest BCUT2D eigenvalue weighted by molar-refractivity contribution is -0.120. The molecule has 100 valence electrons. The van der Waals surface area contributed by atoms with Gasteiger partial charge in [-0.15, -0.1) is 0 Å². The molecule has 0 heterocycles. The first-order chi connectivity index (χ1) is 8.56. The van der Waals surface area contributed by atoms with Gasteiger partial charge in [-0.25, -0.2) is 8.42 Å². The number of benzene rings is 1. The van der Waals surface area contributed by atoms with Crippen LogP contribution in [0.4, 0.5) is 0 Å². The summed E-state index contributed by atoms with van der Waals surface area (Å²) >= 11 is 0. The molecule has 0 aliphatic heterocycles. The van der Waals surface area contributed by atoms with Gasteiger partial charge in [0.1, 0.15) is 0 Å². The minimum atomic E-state index is -3.24. The third kappa shape index (κ3) is 4.85. The minimum absolute atomic E-state index is 0.0385. The molecule has 5 nitrogen and oxygen atoms in total. The largest absolute Gasteiger partial charge is 0.355 e. The Labute approximate surface area is 108 Å². The Kier molecular flexibility index (Phi) is 5.80. The molecule has 0 saturated carbocycles. The summed E-state index contributed by atoms with van der Waals surface area (Å²) in [5.74, 6) is -0.0915. The molecule has 0 aliphatic carbocycles. The zero-order valence-corrected chi connectivity index (χ0v) is 11.2. The zero-order chi connectivity index (χ0) is 13.4. The summed E-state index contributed by atoms with van der Waals surface area (Å²) in [6.07, 6.45) is 0.409. The highest BCUT2D eigenvalue weighted by atomic mass is 32.2. The predicted octanol–water partition coefficient (Wildman–Crippen LogP) is 0.186. The van der Waals surface area contributed by atoms with Crippen LogP contribution in [0.25, 0.3) is 0 Å². The second-order valence-corrected chi connectivity index (χ2v) is 5.97. The van der Waals surface area contributed by atoms with E-state index in [0.717, 1.165) is 0 Å². The van der Waals surface area contributed by atoms with E-state index in [1.165, 1.54) is 0 Å². The molecule has 1 aromatic carbocycles. The Balaban J connectivity index is 2.37. The fourth-order valence-corrected chi connectivity index (χ4v) is 2.79. The average Bonchev–Trinajstić information content (AvgIpc) is 2.36. The molecule has 0 fully saturated rings. The first kappa shape index (κ1) is 14.7. The van der Waals surface area contributed by atoms with Gasteiger partial charge in [0.2, 0.25) is 5.91 Å². The summed E-state index contributed by atoms with van der Waals surface area (Å²) in [6, 6.07) is 8.32. The van der Waals surface area contributed by atoms with Crippen molar-refractivity contribution in [3.05, 3.63) is 30.3 Å². The number of nitrogens with one attached hydrogen (secondary N) is 2. The first-order valence-corrected chi connectivity index (χ1v) is 7.40. The topological polar surface area (TPSA) is 75.3 Å². The minimum Gasteiger partial charge on any atom is -0.355 e. The Hall–Kier alpha value is -1.40. The van der Waals surface area contributed by atoms with Gasteiger partial charge in [0.15, 0.2) is 9.84 Å². The molecule has 0 saturated heterocycles. The van der Waals surface area contributed by atoms with Crippen molar-refractivity contribution in [2.45, 2.75) is 11.3 Å². The number of carbonyl (C=O) groups is 1. The van der Waals surface area contributed by atoms with Crippen molar-refractivity contribution in [1.29, 1.82) is 0 Å². The Morgan fingerprint density at radius 1 is 1.22 bits per heavy atom. The average molecular weight is 270 g/mol. The third-order valence-corrected chi connectivity index (χ3v) is 4.17. The van der Waals surface area contributed by atoms with Crippen LogP contribution < -0.4 is 10.6 Å². The van der Waals surface area contributed by atoms with Gasteiger partial charge in [0, 0.05) is 6.54 Å². The number of sulfone groups is 1. The maximum Gasteiger partial charge on any atom is 0.233 e. The van der Waals surface area contributed by atoms with Crippen molar-refractivity contribution < 1.29 is 13.2 Å². The fraction of sp³-hybridized carbons (Fsp3) is 0.417. The molecule has 0 spiro atoms. The van der Waals surface area contributed by atoms with Gasteiger partial charge >= 0.3 is 0 Å². The van der Waals surface area contributed by atoms with Crippen LogP contribution in [0.2, 0.25) is 0 Å². The van der Waals surface area contributed by atoms with E-state index in [2.05, 4.69) is 10.6 Å². The maximum atomic E-state index is 11.9. The molecule has 1 amide bonds. The SMILES string of the molecule is CNCC(=O)NCCCS(=O)(=O)c1ccccc1. The predicted molar refractivity (Wildman–Crippen MR) is 70.0 cm³/mol. The smallest absolute Gasteiger partial charge is 0.233 e. The Morgan fingerprint density at radius 3 is 2.50 bits per heavy atom. The molecule has 0 aliphatic rings. The highest BCUT2D eigenvalue weighted by Crippen LogP contribution is 2.10. The van der Waals surface area contributed by atoms with Crippen LogP contribution in [0.3, 0.4) is 0 Å². The maximum absolute atomic E-state index is 11.9. The van der Waals surface area contributed by atoms with Gasteiger partial charge in [-0.05, 0) is 25.6 Å². The monoisotopic (exact) mass is 270 g/mol. The highest BCUT2D eigenvalue weighted by molar-refractivity contribution is 7.91. The second-order valence-electron chi connectivity index (χ2n) is 3.87. The summed E-state index contributed by atoms with van der Waals surface area (Å²) in [7, 11) is -1.56. The number of hydrogen-bond donors (Lipinski definition) is 2. The van der Waals surface area contributed by atoms with E-state index < -0.39 is 9.84 Å². The van der Waals surface area contributed by atoms with Crippen molar-refractivity contribution in [3.63, 3.8) is 0 Å². The summed E-state index contributed by atoms with van der Waals surface area (Å²) in [6.45, 7) is 0.609. The lowest BCUT2D eigenvalue weighted by Gasteiger charge is -2.06. The standard InChI is InChI=1S/C12H18N2O3S/c1-13-10-12(15)14-8-5-9-18(16,17)11-6-3-2-4-7-11/h2-4,6-7,13H,5,8-10H2,1H3,(H,14,15). The van der Waals surface area contributed by atoms with Crippen LogP contribution in [0.5, 0.6) is 0 Å². The lowest BCUT2D eigenvalue weighted by atomic mass is 10.4. The number of hydrogen-bond acceptors (Lipinski definition) is 4. The first-order valence-electron chi connectivity index (χ1n) is 5.75. The molecule has 2 N–H and O–H groups in total. The number of likely N-dealkylation sites (N-methyl/N-ethyl adjacent to an activating group) is 1. The van der Waals surface area contributed by atoms with Gasteiger partial charge in [-0.1, -0.05) is 18.2 Å². The van der Waals surface area contributed by atoms with Gasteiger partial charge < -0.3 is 10.6 Å². The molecular formula is C12H18N2O3S. The van der Waals surface area contributed by atoms with E-state index in [1.807, 2.05) is 0 Å². The van der Waals surface area contributed by atoms with Gasteiger partial charge in [0.05, 0.1) is 17.2 Å². The van der Waals surface area contributed by atoms with Gasteiger partial charge in [0.25, 0.3) is 0 Å². The molecule has 18 heavy (non-hydrogen) atoms. The highest BCUT2D eigenvalue weighted by Gasteiger charge is 2.13. The molecule has 0 radical (unpaired) electrons. The quantitative estimate of drug-likeness (QED) is 0.693. The molecule has 1 rings (SSSR count). The van der Waals surface area contributed by atoms with Crippen molar-refractivity contribution in [1.82, 2.24) is 10.6 Å². The second kappa shape index (κ2) is 7.13. The van der Waals surface area contributed by atoms with E-state index in [1.54, 1.807) is 37.4 Å². The molecule has 0 aromatic heterocycles. The number of amides is 1. The van der Waals surface area contributed by atoms with Crippen molar-refractivity contribution in [2.75, 3.05) is 25.9 Å². The van der Waals surface area contributed by atoms with Crippen molar-refractivity contribution in [2.24, 2.45) is 0 Å². The summed E-state index contributed by atoms with van der Waals surface area (Å²) in [5.41, 5.74) is 0. The van der Waals surface area contributed by atoms with E-state index in [9.17, 15) is 13.2 Å². The van der Waals surface area contributed by atoms with E-state index >= 15 is 0 Å². The van der Waals surface area contributed by atoms with Gasteiger partial charge in [-0.2, -0.15) is 0 Å². The Bertz CT molecular complexity index is 471. The molecular weight excluding hydrogens is 252 g/mol. The van der Waals surface area contributed by atoms with E-state index in [0.29, 0.717) is 17.9 Å². The summed E-state index contributed by atoms with van der Waals surface area (Å²) in [4.78, 5) is 11.4. The Morgan fingerprint density at radius 2 is 1.89 bits per heavy atom. The molecule has 6 heteroatoms. The van der Waals surface area contributed by atoms with Crippen LogP contribution >= 0.6 is 0 Å². The zero-order valence-electron chi connectivity index (χ0n) is 10.3. The van der Waals surface area contributed by atoms with Crippen molar-refractivity contribution >= 4 is 15.7 Å². The van der Waals surface area contributed by atoms with Crippen LogP contribution in [0, 0.1) is 0 Å². The normalized spacial score (nSPS) is 11.2. The van der Waals surface area contributed by atoms with Crippen LogP contribution in [-0.4, -0.2) is 40.2 Å². The van der Waals surface area contributed by atoms with Crippen LogP contribution in [0.15, 0.2) is 35.2 Å². The summed E-state index contributed by atoms with van der Waals surface area (Å²) in [5, 5.41) is 5.36. The van der Waals surface area contributed by atoms with E-state index in [4.69, 9.17) is 0 Å². The molecule has 1 aromatic rings. The fourth-order valence-electron chi connectivity index (χ4n) is 1.46. The third-order valence-electron chi connectivity index (χ3n) is 2.35. The number of rotatable bonds is 7. The van der Waals surface area contributed by atoms with Crippen LogP contribution in [0.1, 0.15) is 6.42 Å². The van der Waals surface area contributed by atoms with Crippen LogP contribution in [-0.2, 0) is 14.6 Å². The van der Waals surface area contributed by atoms with E-state index in [-0.39, 0.29) is 18.2 Å². The van der Waals surface area contributed by atoms with Gasteiger partial charge in [-0.3, -0.25) is 4.79 Å².